The summed E-state index contributed by atoms with van der Waals surface area (Å²) in [5, 5.41) is 14.8. The van der Waals surface area contributed by atoms with E-state index in [1.54, 1.807) is 18.2 Å². The molecular weight excluding hydrogens is 303 g/mol. The highest BCUT2D eigenvalue weighted by molar-refractivity contribution is 6.36. The molecule has 1 aromatic carbocycles. The molecule has 3 N–H and O–H groups in total. The van der Waals surface area contributed by atoms with Crippen molar-refractivity contribution in [1.29, 1.82) is 0 Å². The first-order chi connectivity index (χ1) is 9.45. The third-order valence-corrected chi connectivity index (χ3v) is 3.38. The fourth-order valence-corrected chi connectivity index (χ4v) is 2.16. The van der Waals surface area contributed by atoms with Gasteiger partial charge in [-0.15, -0.1) is 0 Å². The van der Waals surface area contributed by atoms with Gasteiger partial charge in [-0.2, -0.15) is 0 Å². The quantitative estimate of drug-likeness (QED) is 0.754. The van der Waals surface area contributed by atoms with E-state index in [4.69, 9.17) is 28.3 Å². The van der Waals surface area contributed by atoms with Crippen molar-refractivity contribution in [3.05, 3.63) is 33.8 Å². The molecule has 1 aromatic rings. The van der Waals surface area contributed by atoms with Crippen LogP contribution in [0.25, 0.3) is 0 Å². The van der Waals surface area contributed by atoms with E-state index in [0.29, 0.717) is 28.5 Å². The first-order valence-electron chi connectivity index (χ1n) is 6.15. The number of hydrogen-bond acceptors (Lipinski definition) is 2. The van der Waals surface area contributed by atoms with Gasteiger partial charge in [0, 0.05) is 22.2 Å². The molecule has 0 aliphatic carbocycles. The van der Waals surface area contributed by atoms with Gasteiger partial charge in [-0.25, -0.2) is 9.59 Å². The molecule has 1 rings (SSSR count). The molecule has 2 amide bonds. The molecule has 20 heavy (non-hydrogen) atoms. The van der Waals surface area contributed by atoms with Crippen molar-refractivity contribution in [2.45, 2.75) is 32.4 Å². The van der Waals surface area contributed by atoms with Crippen molar-refractivity contribution in [2.75, 3.05) is 0 Å². The zero-order valence-electron chi connectivity index (χ0n) is 11.0. The molecule has 0 spiro atoms. The Kier molecular flexibility index (Phi) is 6.61. The fraction of sp³-hybridized carbons (Fsp3) is 0.385. The number of hydrogen-bond donors (Lipinski definition) is 3. The Morgan fingerprint density at radius 2 is 1.90 bits per heavy atom. The van der Waals surface area contributed by atoms with Gasteiger partial charge in [0.05, 0.1) is 0 Å². The van der Waals surface area contributed by atoms with Gasteiger partial charge in [0.25, 0.3) is 0 Å². The first kappa shape index (κ1) is 16.6. The van der Waals surface area contributed by atoms with Gasteiger partial charge in [0.1, 0.15) is 6.04 Å². The number of aliphatic carboxylic acids is 1. The normalized spacial score (nSPS) is 11.8. The molecule has 0 aromatic heterocycles. The maximum atomic E-state index is 11.7. The lowest BCUT2D eigenvalue weighted by molar-refractivity contribution is -0.139. The molecule has 0 saturated carbocycles. The van der Waals surface area contributed by atoms with Gasteiger partial charge in [-0.3, -0.25) is 0 Å². The van der Waals surface area contributed by atoms with Crippen molar-refractivity contribution in [3.8, 4) is 0 Å². The summed E-state index contributed by atoms with van der Waals surface area (Å²) in [5.74, 6) is -1.06. The van der Waals surface area contributed by atoms with Gasteiger partial charge < -0.3 is 15.7 Å². The van der Waals surface area contributed by atoms with Crippen molar-refractivity contribution in [1.82, 2.24) is 10.6 Å². The third kappa shape index (κ3) is 4.90. The summed E-state index contributed by atoms with van der Waals surface area (Å²) in [6.07, 6.45) is 1.03. The van der Waals surface area contributed by atoms with Crippen LogP contribution in [0.5, 0.6) is 0 Å². The van der Waals surface area contributed by atoms with Gasteiger partial charge in [0.15, 0.2) is 0 Å². The summed E-state index contributed by atoms with van der Waals surface area (Å²) < 4.78 is 0. The Hall–Kier alpha value is -1.46. The van der Waals surface area contributed by atoms with Crippen molar-refractivity contribution in [3.63, 3.8) is 0 Å². The summed E-state index contributed by atoms with van der Waals surface area (Å²) in [4.78, 5) is 22.6. The lowest BCUT2D eigenvalue weighted by Gasteiger charge is -2.15. The average Bonchev–Trinajstić information content (AvgIpc) is 2.37. The standard InChI is InChI=1S/C13H16Cl2N2O3/c1-2-4-11(12(18)19)17-13(20)16-7-8-9(14)5-3-6-10(8)15/h3,5-6,11H,2,4,7H2,1H3,(H,18,19)(H2,16,17,20). The number of carboxylic acid groups (broad SMARTS) is 1. The van der Waals surface area contributed by atoms with Crippen LogP contribution in [0.15, 0.2) is 18.2 Å². The van der Waals surface area contributed by atoms with E-state index in [1.807, 2.05) is 6.92 Å². The zero-order valence-corrected chi connectivity index (χ0v) is 12.5. The Labute approximate surface area is 127 Å². The summed E-state index contributed by atoms with van der Waals surface area (Å²) in [5.41, 5.74) is 0.591. The second-order valence-corrected chi connectivity index (χ2v) is 5.02. The summed E-state index contributed by atoms with van der Waals surface area (Å²) in [6, 6.07) is 3.57. The second-order valence-electron chi connectivity index (χ2n) is 4.21. The maximum Gasteiger partial charge on any atom is 0.326 e. The number of urea groups is 1. The third-order valence-electron chi connectivity index (χ3n) is 2.67. The highest BCUT2D eigenvalue weighted by atomic mass is 35.5. The van der Waals surface area contributed by atoms with E-state index in [1.165, 1.54) is 0 Å². The molecule has 1 atom stereocenters. The number of rotatable bonds is 6. The monoisotopic (exact) mass is 318 g/mol. The van der Waals surface area contributed by atoms with Crippen LogP contribution in [0.4, 0.5) is 4.79 Å². The molecule has 0 aliphatic rings. The Balaban J connectivity index is 2.57. The molecule has 1 unspecified atom stereocenters. The topological polar surface area (TPSA) is 78.4 Å². The van der Waals surface area contributed by atoms with Crippen molar-refractivity contribution < 1.29 is 14.7 Å². The summed E-state index contributed by atoms with van der Waals surface area (Å²) in [7, 11) is 0. The molecule has 5 nitrogen and oxygen atoms in total. The number of nitrogens with one attached hydrogen (secondary N) is 2. The predicted molar refractivity (Wildman–Crippen MR) is 78.2 cm³/mol. The van der Waals surface area contributed by atoms with E-state index in [0.717, 1.165) is 0 Å². The van der Waals surface area contributed by atoms with Crippen LogP contribution in [0.2, 0.25) is 10.0 Å². The molecule has 0 radical (unpaired) electrons. The number of carbonyl (C=O) groups excluding carboxylic acids is 1. The molecule has 0 bridgehead atoms. The van der Waals surface area contributed by atoms with E-state index in [-0.39, 0.29) is 6.54 Å². The predicted octanol–water partition coefficient (Wildman–Crippen LogP) is 3.05. The van der Waals surface area contributed by atoms with Crippen LogP contribution < -0.4 is 10.6 Å². The Morgan fingerprint density at radius 1 is 1.30 bits per heavy atom. The molecule has 7 heteroatoms. The number of halogens is 2. The van der Waals surface area contributed by atoms with Crippen LogP contribution in [0, 0.1) is 0 Å². The number of benzene rings is 1. The van der Waals surface area contributed by atoms with Crippen LogP contribution >= 0.6 is 23.2 Å². The van der Waals surface area contributed by atoms with E-state index < -0.39 is 18.0 Å². The van der Waals surface area contributed by atoms with E-state index in [2.05, 4.69) is 10.6 Å². The largest absolute Gasteiger partial charge is 0.480 e. The fourth-order valence-electron chi connectivity index (χ4n) is 1.63. The molecule has 110 valence electrons. The first-order valence-corrected chi connectivity index (χ1v) is 6.91. The molecular formula is C13H16Cl2N2O3. The zero-order chi connectivity index (χ0) is 15.1. The highest BCUT2D eigenvalue weighted by Crippen LogP contribution is 2.23. The second kappa shape index (κ2) is 7.97. The van der Waals surface area contributed by atoms with Crippen LogP contribution in [-0.4, -0.2) is 23.1 Å². The van der Waals surface area contributed by atoms with E-state index in [9.17, 15) is 9.59 Å². The van der Waals surface area contributed by atoms with Crippen LogP contribution in [0.1, 0.15) is 25.3 Å². The van der Waals surface area contributed by atoms with Gasteiger partial charge >= 0.3 is 12.0 Å². The molecule has 0 fully saturated rings. The van der Waals surface area contributed by atoms with E-state index >= 15 is 0 Å². The van der Waals surface area contributed by atoms with Crippen molar-refractivity contribution >= 4 is 35.2 Å². The van der Waals surface area contributed by atoms with Crippen molar-refractivity contribution in [2.24, 2.45) is 0 Å². The summed E-state index contributed by atoms with van der Waals surface area (Å²) in [6.45, 7) is 1.97. The molecule has 0 saturated heterocycles. The number of carbonyl (C=O) groups is 2. The Bertz CT molecular complexity index is 474. The maximum absolute atomic E-state index is 11.7. The van der Waals surface area contributed by atoms with Gasteiger partial charge in [-0.05, 0) is 18.6 Å². The van der Waals surface area contributed by atoms with Crippen LogP contribution in [0.3, 0.4) is 0 Å². The van der Waals surface area contributed by atoms with Gasteiger partial charge in [-0.1, -0.05) is 42.6 Å². The minimum atomic E-state index is -1.06. The lowest BCUT2D eigenvalue weighted by atomic mass is 10.2. The molecule has 0 heterocycles. The highest BCUT2D eigenvalue weighted by Gasteiger charge is 2.18. The number of amides is 2. The number of carboxylic acids is 1. The smallest absolute Gasteiger partial charge is 0.326 e. The molecule has 0 aliphatic heterocycles. The summed E-state index contributed by atoms with van der Waals surface area (Å²) >= 11 is 11.9. The minimum Gasteiger partial charge on any atom is -0.480 e. The SMILES string of the molecule is CCCC(NC(=O)NCc1c(Cl)cccc1Cl)C(=O)O. The van der Waals surface area contributed by atoms with Gasteiger partial charge in [0.2, 0.25) is 0 Å². The Morgan fingerprint density at radius 3 is 2.40 bits per heavy atom. The minimum absolute atomic E-state index is 0.128. The van der Waals surface area contributed by atoms with Crippen LogP contribution in [-0.2, 0) is 11.3 Å². The lowest BCUT2D eigenvalue weighted by Crippen LogP contribution is -2.45. The average molecular weight is 319 g/mol.